The number of ether oxygens (including phenoxy) is 1. The first-order valence-corrected chi connectivity index (χ1v) is 8.59. The average Bonchev–Trinajstić information content (AvgIpc) is 3.12. The van der Waals surface area contributed by atoms with E-state index in [0.717, 1.165) is 17.1 Å². The van der Waals surface area contributed by atoms with E-state index in [2.05, 4.69) is 46.5 Å². The van der Waals surface area contributed by atoms with E-state index in [4.69, 9.17) is 4.74 Å². The van der Waals surface area contributed by atoms with Crippen molar-refractivity contribution in [2.45, 2.75) is 11.8 Å². The summed E-state index contributed by atoms with van der Waals surface area (Å²) in [6, 6.07) is 16.4. The molecule has 0 saturated carbocycles. The lowest BCUT2D eigenvalue weighted by molar-refractivity contribution is 0.344. The number of aromatic nitrogens is 3. The molecule has 0 atom stereocenters. The van der Waals surface area contributed by atoms with E-state index >= 15 is 0 Å². The number of hydrogen-bond acceptors (Lipinski definition) is 5. The predicted octanol–water partition coefficient (Wildman–Crippen LogP) is 3.64. The van der Waals surface area contributed by atoms with Gasteiger partial charge < -0.3 is 4.74 Å². The standard InChI is InChI=1S/C18H18N4OS/c1-15-5-7-18(8-6-15)24-10-9-23-17-4-2-3-16(11-17)12-21-22-13-19-20-14-22/h2-8,11-14H,9-10H2,1H3. The van der Waals surface area contributed by atoms with Crippen molar-refractivity contribution in [1.82, 2.24) is 14.9 Å². The maximum Gasteiger partial charge on any atom is 0.141 e. The van der Waals surface area contributed by atoms with Crippen LogP contribution in [-0.2, 0) is 0 Å². The van der Waals surface area contributed by atoms with Crippen LogP contribution in [0.15, 0.2) is 71.2 Å². The molecule has 0 unspecified atom stereocenters. The van der Waals surface area contributed by atoms with Crippen LogP contribution >= 0.6 is 11.8 Å². The smallest absolute Gasteiger partial charge is 0.141 e. The van der Waals surface area contributed by atoms with Gasteiger partial charge in [0.1, 0.15) is 18.4 Å². The molecule has 0 aliphatic carbocycles. The van der Waals surface area contributed by atoms with Crippen LogP contribution in [0.1, 0.15) is 11.1 Å². The van der Waals surface area contributed by atoms with Gasteiger partial charge in [-0.2, -0.15) is 5.10 Å². The largest absolute Gasteiger partial charge is 0.493 e. The van der Waals surface area contributed by atoms with E-state index in [1.807, 2.05) is 24.3 Å². The molecule has 0 radical (unpaired) electrons. The fraction of sp³-hybridized carbons (Fsp3) is 0.167. The Labute approximate surface area is 145 Å². The number of aryl methyl sites for hydroxylation is 1. The second kappa shape index (κ2) is 8.31. The van der Waals surface area contributed by atoms with Crippen LogP contribution < -0.4 is 4.74 Å². The van der Waals surface area contributed by atoms with Gasteiger partial charge in [-0.15, -0.1) is 22.0 Å². The van der Waals surface area contributed by atoms with Crippen molar-refractivity contribution in [3.05, 3.63) is 72.3 Å². The van der Waals surface area contributed by atoms with E-state index in [1.54, 1.807) is 35.3 Å². The summed E-state index contributed by atoms with van der Waals surface area (Å²) in [5.41, 5.74) is 2.24. The van der Waals surface area contributed by atoms with Crippen molar-refractivity contribution in [3.8, 4) is 5.75 Å². The molecule has 122 valence electrons. The van der Waals surface area contributed by atoms with E-state index in [0.29, 0.717) is 6.61 Å². The van der Waals surface area contributed by atoms with Crippen molar-refractivity contribution in [2.24, 2.45) is 5.10 Å². The Morgan fingerprint density at radius 1 is 1.12 bits per heavy atom. The summed E-state index contributed by atoms with van der Waals surface area (Å²) in [6.07, 6.45) is 4.83. The fourth-order valence-electron chi connectivity index (χ4n) is 2.03. The fourth-order valence-corrected chi connectivity index (χ4v) is 2.76. The number of nitrogens with zero attached hydrogens (tertiary/aromatic N) is 4. The second-order valence-corrected chi connectivity index (χ2v) is 6.34. The summed E-state index contributed by atoms with van der Waals surface area (Å²) in [7, 11) is 0. The van der Waals surface area contributed by atoms with Crippen LogP contribution in [0.3, 0.4) is 0 Å². The molecule has 0 aliphatic heterocycles. The molecule has 0 spiro atoms. The van der Waals surface area contributed by atoms with Crippen molar-refractivity contribution in [1.29, 1.82) is 0 Å². The average molecular weight is 338 g/mol. The van der Waals surface area contributed by atoms with Gasteiger partial charge in [-0.1, -0.05) is 29.8 Å². The minimum Gasteiger partial charge on any atom is -0.493 e. The molecule has 2 aromatic carbocycles. The van der Waals surface area contributed by atoms with Crippen molar-refractivity contribution in [3.63, 3.8) is 0 Å². The lowest BCUT2D eigenvalue weighted by atomic mass is 10.2. The lowest BCUT2D eigenvalue weighted by Gasteiger charge is -2.07. The summed E-state index contributed by atoms with van der Waals surface area (Å²) in [4.78, 5) is 1.26. The van der Waals surface area contributed by atoms with Crippen molar-refractivity contribution < 1.29 is 4.74 Å². The molecule has 3 rings (SSSR count). The molecule has 3 aromatic rings. The normalized spacial score (nSPS) is 11.0. The first kappa shape index (κ1) is 16.3. The first-order chi connectivity index (χ1) is 11.8. The van der Waals surface area contributed by atoms with Crippen molar-refractivity contribution >= 4 is 18.0 Å². The Kier molecular flexibility index (Phi) is 5.63. The molecule has 1 heterocycles. The number of thioether (sulfide) groups is 1. The summed E-state index contributed by atoms with van der Waals surface area (Å²) < 4.78 is 7.36. The van der Waals surface area contributed by atoms with Gasteiger partial charge in [0.2, 0.25) is 0 Å². The zero-order valence-electron chi connectivity index (χ0n) is 13.4. The minimum atomic E-state index is 0.657. The number of hydrogen-bond donors (Lipinski definition) is 0. The Morgan fingerprint density at radius 2 is 1.92 bits per heavy atom. The SMILES string of the molecule is Cc1ccc(SCCOc2cccc(C=Nn3cnnc3)c2)cc1. The minimum absolute atomic E-state index is 0.657. The zero-order valence-corrected chi connectivity index (χ0v) is 14.2. The van der Waals surface area contributed by atoms with Gasteiger partial charge in [-0.3, -0.25) is 0 Å². The molecule has 6 heteroatoms. The topological polar surface area (TPSA) is 52.3 Å². The summed E-state index contributed by atoms with van der Waals surface area (Å²) in [5.74, 6) is 1.74. The van der Waals surface area contributed by atoms with Gasteiger partial charge in [-0.05, 0) is 36.8 Å². The van der Waals surface area contributed by atoms with Gasteiger partial charge in [0.15, 0.2) is 0 Å². The number of benzene rings is 2. The molecule has 1 aromatic heterocycles. The van der Waals surface area contributed by atoms with Gasteiger partial charge in [0.05, 0.1) is 12.8 Å². The molecule has 0 N–H and O–H groups in total. The quantitative estimate of drug-likeness (QED) is 0.375. The van der Waals surface area contributed by atoms with Gasteiger partial charge in [0.25, 0.3) is 0 Å². The molecular weight excluding hydrogens is 320 g/mol. The molecule has 5 nitrogen and oxygen atoms in total. The highest BCUT2D eigenvalue weighted by atomic mass is 32.2. The summed E-state index contributed by atoms with van der Waals surface area (Å²) in [5, 5.41) is 11.6. The maximum absolute atomic E-state index is 5.82. The molecule has 0 amide bonds. The van der Waals surface area contributed by atoms with Gasteiger partial charge in [-0.25, -0.2) is 4.68 Å². The van der Waals surface area contributed by atoms with E-state index in [1.165, 1.54) is 10.5 Å². The van der Waals surface area contributed by atoms with Crippen LogP contribution in [-0.4, -0.2) is 33.4 Å². The predicted molar refractivity (Wildman–Crippen MR) is 96.9 cm³/mol. The Bertz CT molecular complexity index is 785. The molecule has 0 aliphatic rings. The molecule has 24 heavy (non-hydrogen) atoms. The third kappa shape index (κ3) is 4.96. The van der Waals surface area contributed by atoms with Crippen LogP contribution in [0.4, 0.5) is 0 Å². The van der Waals surface area contributed by atoms with Crippen LogP contribution in [0.5, 0.6) is 5.75 Å². The van der Waals surface area contributed by atoms with E-state index in [-0.39, 0.29) is 0 Å². The Hall–Kier alpha value is -2.60. The zero-order chi connectivity index (χ0) is 16.6. The van der Waals surface area contributed by atoms with Crippen molar-refractivity contribution in [2.75, 3.05) is 12.4 Å². The van der Waals surface area contributed by atoms with Gasteiger partial charge in [0, 0.05) is 10.6 Å². The number of rotatable bonds is 7. The van der Waals surface area contributed by atoms with Crippen LogP contribution in [0.2, 0.25) is 0 Å². The molecule has 0 saturated heterocycles. The summed E-state index contributed by atoms with van der Waals surface area (Å²) in [6.45, 7) is 2.75. The van der Waals surface area contributed by atoms with Crippen LogP contribution in [0.25, 0.3) is 0 Å². The second-order valence-electron chi connectivity index (χ2n) is 5.17. The maximum atomic E-state index is 5.82. The molecular formula is C18H18N4OS. The molecule has 0 bridgehead atoms. The van der Waals surface area contributed by atoms with E-state index in [9.17, 15) is 0 Å². The van der Waals surface area contributed by atoms with Crippen LogP contribution in [0, 0.1) is 6.92 Å². The Balaban J connectivity index is 1.48. The lowest BCUT2D eigenvalue weighted by Crippen LogP contribution is -2.00. The Morgan fingerprint density at radius 3 is 2.71 bits per heavy atom. The van der Waals surface area contributed by atoms with Gasteiger partial charge >= 0.3 is 0 Å². The monoisotopic (exact) mass is 338 g/mol. The first-order valence-electron chi connectivity index (χ1n) is 7.61. The highest BCUT2D eigenvalue weighted by Crippen LogP contribution is 2.19. The third-order valence-electron chi connectivity index (χ3n) is 3.25. The summed E-state index contributed by atoms with van der Waals surface area (Å²) >= 11 is 1.79. The van der Waals surface area contributed by atoms with E-state index < -0.39 is 0 Å². The molecule has 0 fully saturated rings. The highest BCUT2D eigenvalue weighted by molar-refractivity contribution is 7.99. The third-order valence-corrected chi connectivity index (χ3v) is 4.22. The highest BCUT2D eigenvalue weighted by Gasteiger charge is 1.98.